The Labute approximate surface area is 142 Å². The Balaban J connectivity index is 1.82. The van der Waals surface area contributed by atoms with E-state index in [0.29, 0.717) is 6.42 Å². The summed E-state index contributed by atoms with van der Waals surface area (Å²) in [6.07, 6.45) is 3.90. The molecule has 3 rings (SSSR count). The quantitative estimate of drug-likeness (QED) is 0.777. The molecule has 0 fully saturated rings. The Hall–Kier alpha value is -2.94. The number of nitrogens with one attached hydrogen (secondary N) is 1. The van der Waals surface area contributed by atoms with Crippen LogP contribution in [0.2, 0.25) is 0 Å². The van der Waals surface area contributed by atoms with Crippen LogP contribution in [0.3, 0.4) is 0 Å². The van der Waals surface area contributed by atoms with Crippen LogP contribution in [-0.4, -0.2) is 10.9 Å². The summed E-state index contributed by atoms with van der Waals surface area (Å²) < 4.78 is 0. The van der Waals surface area contributed by atoms with Crippen molar-refractivity contribution in [3.63, 3.8) is 0 Å². The van der Waals surface area contributed by atoms with E-state index >= 15 is 0 Å². The first-order valence-corrected chi connectivity index (χ1v) is 8.02. The highest BCUT2D eigenvalue weighted by molar-refractivity contribution is 5.79. The second-order valence-electron chi connectivity index (χ2n) is 5.86. The van der Waals surface area contributed by atoms with Gasteiger partial charge in [0.15, 0.2) is 0 Å². The molecule has 0 saturated heterocycles. The van der Waals surface area contributed by atoms with Crippen LogP contribution in [0.5, 0.6) is 0 Å². The molecular formula is C21H20N2O. The van der Waals surface area contributed by atoms with Gasteiger partial charge in [-0.05, 0) is 29.7 Å². The number of pyridine rings is 1. The zero-order chi connectivity index (χ0) is 16.8. The van der Waals surface area contributed by atoms with Crippen LogP contribution in [0.4, 0.5) is 0 Å². The van der Waals surface area contributed by atoms with Crippen molar-refractivity contribution >= 4 is 5.91 Å². The summed E-state index contributed by atoms with van der Waals surface area (Å²) in [5.41, 5.74) is 4.22. The fraction of sp³-hybridized carbons (Fsp3) is 0.143. The fourth-order valence-corrected chi connectivity index (χ4v) is 2.66. The summed E-state index contributed by atoms with van der Waals surface area (Å²) in [6.45, 7) is 2.05. The molecule has 0 aliphatic rings. The molecule has 0 spiro atoms. The molecule has 3 aromatic rings. The highest BCUT2D eigenvalue weighted by Crippen LogP contribution is 2.22. The Kier molecular flexibility index (Phi) is 5.02. The van der Waals surface area contributed by atoms with Crippen molar-refractivity contribution in [2.24, 2.45) is 0 Å². The molecular weight excluding hydrogens is 296 g/mol. The predicted molar refractivity (Wildman–Crippen MR) is 95.5 cm³/mol. The maximum atomic E-state index is 12.5. The Morgan fingerprint density at radius 1 is 0.958 bits per heavy atom. The van der Waals surface area contributed by atoms with Gasteiger partial charge in [-0.3, -0.25) is 9.78 Å². The minimum atomic E-state index is -0.199. The maximum Gasteiger partial charge on any atom is 0.225 e. The van der Waals surface area contributed by atoms with Crippen molar-refractivity contribution in [2.75, 3.05) is 0 Å². The summed E-state index contributed by atoms with van der Waals surface area (Å²) in [4.78, 5) is 16.7. The Morgan fingerprint density at radius 3 is 2.38 bits per heavy atom. The number of benzene rings is 2. The average molecular weight is 316 g/mol. The second kappa shape index (κ2) is 7.55. The summed E-state index contributed by atoms with van der Waals surface area (Å²) in [5.74, 6) is -0.00405. The molecule has 1 N–H and O–H groups in total. The molecule has 0 unspecified atom stereocenters. The smallest absolute Gasteiger partial charge is 0.225 e. The molecule has 24 heavy (non-hydrogen) atoms. The van der Waals surface area contributed by atoms with Gasteiger partial charge in [-0.25, -0.2) is 0 Å². The van der Waals surface area contributed by atoms with Crippen LogP contribution < -0.4 is 5.32 Å². The van der Waals surface area contributed by atoms with Gasteiger partial charge in [-0.1, -0.05) is 66.2 Å². The molecule has 1 heterocycles. The molecule has 0 bridgehead atoms. The number of aromatic nitrogens is 1. The van der Waals surface area contributed by atoms with Crippen LogP contribution in [0, 0.1) is 6.92 Å². The SMILES string of the molecule is Cc1ccc([C@@H](NC(=O)Cc2ccccc2)c2cccnc2)cc1. The minimum absolute atomic E-state index is 0.00405. The Bertz CT molecular complexity index is 783. The van der Waals surface area contributed by atoms with Crippen LogP contribution in [0.1, 0.15) is 28.3 Å². The zero-order valence-electron chi connectivity index (χ0n) is 13.6. The first-order valence-electron chi connectivity index (χ1n) is 8.02. The van der Waals surface area contributed by atoms with Gasteiger partial charge in [-0.2, -0.15) is 0 Å². The van der Waals surface area contributed by atoms with E-state index in [1.807, 2.05) is 42.5 Å². The number of carbonyl (C=O) groups excluding carboxylic acids is 1. The van der Waals surface area contributed by atoms with Crippen LogP contribution in [0.15, 0.2) is 79.1 Å². The normalized spacial score (nSPS) is 11.7. The highest BCUT2D eigenvalue weighted by Gasteiger charge is 2.17. The average Bonchev–Trinajstić information content (AvgIpc) is 2.62. The zero-order valence-corrected chi connectivity index (χ0v) is 13.6. The summed E-state index contributed by atoms with van der Waals surface area (Å²) in [6, 6.07) is 21.7. The summed E-state index contributed by atoms with van der Waals surface area (Å²) >= 11 is 0. The van der Waals surface area contributed by atoms with E-state index in [4.69, 9.17) is 0 Å². The Morgan fingerprint density at radius 2 is 1.71 bits per heavy atom. The number of nitrogens with zero attached hydrogens (tertiary/aromatic N) is 1. The monoisotopic (exact) mass is 316 g/mol. The molecule has 0 aliphatic carbocycles. The van der Waals surface area contributed by atoms with E-state index < -0.39 is 0 Å². The largest absolute Gasteiger partial charge is 0.345 e. The van der Waals surface area contributed by atoms with Gasteiger partial charge in [0.2, 0.25) is 5.91 Å². The third-order valence-electron chi connectivity index (χ3n) is 3.94. The molecule has 0 saturated carbocycles. The molecule has 0 aliphatic heterocycles. The topological polar surface area (TPSA) is 42.0 Å². The molecule has 1 amide bonds. The first-order chi connectivity index (χ1) is 11.7. The van der Waals surface area contributed by atoms with Gasteiger partial charge in [0.25, 0.3) is 0 Å². The standard InChI is InChI=1S/C21H20N2O/c1-16-9-11-18(12-10-16)21(19-8-5-13-22-15-19)23-20(24)14-17-6-3-2-4-7-17/h2-13,15,21H,14H2,1H3,(H,23,24)/t21-/m1/s1. The lowest BCUT2D eigenvalue weighted by Gasteiger charge is -2.20. The number of rotatable bonds is 5. The molecule has 0 radical (unpaired) electrons. The molecule has 3 nitrogen and oxygen atoms in total. The van der Waals surface area contributed by atoms with Gasteiger partial charge in [0.1, 0.15) is 0 Å². The van der Waals surface area contributed by atoms with Crippen molar-refractivity contribution in [3.05, 3.63) is 101 Å². The van der Waals surface area contributed by atoms with Crippen molar-refractivity contribution < 1.29 is 4.79 Å². The fourth-order valence-electron chi connectivity index (χ4n) is 2.66. The van der Waals surface area contributed by atoms with Gasteiger partial charge in [-0.15, -0.1) is 0 Å². The van der Waals surface area contributed by atoms with E-state index in [1.165, 1.54) is 5.56 Å². The molecule has 1 aromatic heterocycles. The minimum Gasteiger partial charge on any atom is -0.345 e. The number of carbonyl (C=O) groups is 1. The second-order valence-corrected chi connectivity index (χ2v) is 5.86. The number of amides is 1. The van der Waals surface area contributed by atoms with E-state index in [2.05, 4.69) is 41.5 Å². The van der Waals surface area contributed by atoms with Crippen molar-refractivity contribution in [1.82, 2.24) is 10.3 Å². The van der Waals surface area contributed by atoms with Crippen molar-refractivity contribution in [1.29, 1.82) is 0 Å². The van der Waals surface area contributed by atoms with E-state index in [9.17, 15) is 4.79 Å². The van der Waals surface area contributed by atoms with E-state index in [1.54, 1.807) is 12.4 Å². The van der Waals surface area contributed by atoms with Crippen molar-refractivity contribution in [3.8, 4) is 0 Å². The highest BCUT2D eigenvalue weighted by atomic mass is 16.1. The lowest BCUT2D eigenvalue weighted by molar-refractivity contribution is -0.120. The van der Waals surface area contributed by atoms with Gasteiger partial charge >= 0.3 is 0 Å². The van der Waals surface area contributed by atoms with Gasteiger partial charge < -0.3 is 5.32 Å². The van der Waals surface area contributed by atoms with Crippen LogP contribution in [0.25, 0.3) is 0 Å². The molecule has 1 atom stereocenters. The number of hydrogen-bond acceptors (Lipinski definition) is 2. The lowest BCUT2D eigenvalue weighted by Crippen LogP contribution is -2.30. The number of aryl methyl sites for hydroxylation is 1. The van der Waals surface area contributed by atoms with Gasteiger partial charge in [0, 0.05) is 12.4 Å². The van der Waals surface area contributed by atoms with Gasteiger partial charge in [0.05, 0.1) is 12.5 Å². The molecule has 3 heteroatoms. The predicted octanol–water partition coefficient (Wildman–Crippen LogP) is 3.84. The molecule has 120 valence electrons. The van der Waals surface area contributed by atoms with Crippen molar-refractivity contribution in [2.45, 2.75) is 19.4 Å². The third kappa shape index (κ3) is 4.07. The van der Waals surface area contributed by atoms with E-state index in [0.717, 1.165) is 16.7 Å². The van der Waals surface area contributed by atoms with Crippen LogP contribution >= 0.6 is 0 Å². The first kappa shape index (κ1) is 15.9. The lowest BCUT2D eigenvalue weighted by atomic mass is 9.98. The van der Waals surface area contributed by atoms with Crippen LogP contribution in [-0.2, 0) is 11.2 Å². The maximum absolute atomic E-state index is 12.5. The third-order valence-corrected chi connectivity index (χ3v) is 3.94. The van der Waals surface area contributed by atoms with E-state index in [-0.39, 0.29) is 11.9 Å². The molecule has 2 aromatic carbocycles. The summed E-state index contributed by atoms with van der Waals surface area (Å²) in [5, 5.41) is 3.14. The number of hydrogen-bond donors (Lipinski definition) is 1. The summed E-state index contributed by atoms with van der Waals surface area (Å²) in [7, 11) is 0.